The van der Waals surface area contributed by atoms with Crippen LogP contribution in [-0.2, 0) is 4.79 Å². The van der Waals surface area contributed by atoms with Crippen LogP contribution in [0.15, 0.2) is 0 Å². The van der Waals surface area contributed by atoms with E-state index in [0.717, 1.165) is 12.3 Å². The fourth-order valence-electron chi connectivity index (χ4n) is 2.69. The molecule has 0 heterocycles. The highest BCUT2D eigenvalue weighted by molar-refractivity contribution is 5.81. The van der Waals surface area contributed by atoms with Gasteiger partial charge >= 0.3 is 0 Å². The molecule has 1 unspecified atom stereocenters. The van der Waals surface area contributed by atoms with E-state index >= 15 is 0 Å². The molecule has 2 atom stereocenters. The minimum absolute atomic E-state index is 0.0225. The molecule has 0 aromatic rings. The predicted molar refractivity (Wildman–Crippen MR) is 76.2 cm³/mol. The molecule has 0 saturated heterocycles. The molecule has 1 rings (SSSR count). The Morgan fingerprint density at radius 1 is 1.28 bits per heavy atom. The maximum absolute atomic E-state index is 11.8. The number of nitrogens with two attached hydrogens (primary N) is 1. The second kappa shape index (κ2) is 6.55. The second-order valence-electron chi connectivity index (χ2n) is 6.96. The standard InChI is InChI=1S/C15H30N2O/c1-11(16)14(18)17-13(15(2,3)4)10-12-8-6-5-7-9-12/h11-13H,5-10,16H2,1-4H3,(H,17,18)/t11-,13?/m1/s1. The summed E-state index contributed by atoms with van der Waals surface area (Å²) in [4.78, 5) is 11.8. The van der Waals surface area contributed by atoms with E-state index in [2.05, 4.69) is 26.1 Å². The third kappa shape index (κ3) is 4.97. The van der Waals surface area contributed by atoms with Gasteiger partial charge in [-0.05, 0) is 24.7 Å². The summed E-state index contributed by atoms with van der Waals surface area (Å²) in [5.74, 6) is 0.752. The van der Waals surface area contributed by atoms with Crippen molar-refractivity contribution in [3.05, 3.63) is 0 Å². The molecular formula is C15H30N2O. The van der Waals surface area contributed by atoms with Gasteiger partial charge in [0.15, 0.2) is 0 Å². The van der Waals surface area contributed by atoms with E-state index in [9.17, 15) is 4.79 Å². The van der Waals surface area contributed by atoms with Crippen LogP contribution in [0.1, 0.15) is 66.2 Å². The van der Waals surface area contributed by atoms with Gasteiger partial charge in [-0.2, -0.15) is 0 Å². The maximum atomic E-state index is 11.8. The number of rotatable bonds is 4. The molecule has 1 amide bonds. The van der Waals surface area contributed by atoms with Crippen molar-refractivity contribution in [1.82, 2.24) is 5.32 Å². The van der Waals surface area contributed by atoms with E-state index in [0.29, 0.717) is 0 Å². The zero-order chi connectivity index (χ0) is 13.8. The lowest BCUT2D eigenvalue weighted by Gasteiger charge is -2.36. The van der Waals surface area contributed by atoms with Gasteiger partial charge in [0, 0.05) is 6.04 Å². The van der Waals surface area contributed by atoms with Crippen LogP contribution >= 0.6 is 0 Å². The van der Waals surface area contributed by atoms with Crippen molar-refractivity contribution in [2.24, 2.45) is 17.1 Å². The smallest absolute Gasteiger partial charge is 0.236 e. The van der Waals surface area contributed by atoms with Crippen LogP contribution in [0.25, 0.3) is 0 Å². The molecule has 1 fully saturated rings. The molecule has 3 heteroatoms. The van der Waals surface area contributed by atoms with Gasteiger partial charge in [-0.1, -0.05) is 52.9 Å². The van der Waals surface area contributed by atoms with Gasteiger partial charge in [0.05, 0.1) is 6.04 Å². The van der Waals surface area contributed by atoms with Crippen molar-refractivity contribution in [1.29, 1.82) is 0 Å². The van der Waals surface area contributed by atoms with E-state index in [1.54, 1.807) is 6.92 Å². The number of nitrogens with one attached hydrogen (secondary N) is 1. The third-order valence-corrected chi connectivity index (χ3v) is 4.07. The van der Waals surface area contributed by atoms with Crippen molar-refractivity contribution >= 4 is 5.91 Å². The van der Waals surface area contributed by atoms with E-state index in [-0.39, 0.29) is 17.4 Å². The average molecular weight is 254 g/mol. The molecule has 0 aromatic heterocycles. The summed E-state index contributed by atoms with van der Waals surface area (Å²) >= 11 is 0. The molecule has 3 N–H and O–H groups in total. The van der Waals surface area contributed by atoms with Gasteiger partial charge in [-0.3, -0.25) is 4.79 Å². The maximum Gasteiger partial charge on any atom is 0.236 e. The van der Waals surface area contributed by atoms with Crippen molar-refractivity contribution in [2.75, 3.05) is 0 Å². The molecule has 1 aliphatic rings. The molecule has 0 aliphatic heterocycles. The molecule has 3 nitrogen and oxygen atoms in total. The normalized spacial score (nSPS) is 21.4. The van der Waals surface area contributed by atoms with Gasteiger partial charge in [-0.15, -0.1) is 0 Å². The van der Waals surface area contributed by atoms with E-state index in [1.165, 1.54) is 32.1 Å². The van der Waals surface area contributed by atoms with Crippen molar-refractivity contribution in [3.8, 4) is 0 Å². The van der Waals surface area contributed by atoms with Gasteiger partial charge in [0.25, 0.3) is 0 Å². The first kappa shape index (κ1) is 15.5. The van der Waals surface area contributed by atoms with Crippen LogP contribution in [0.4, 0.5) is 0 Å². The number of amides is 1. The van der Waals surface area contributed by atoms with Crippen LogP contribution in [-0.4, -0.2) is 18.0 Å². The number of hydrogen-bond donors (Lipinski definition) is 2. The Morgan fingerprint density at radius 3 is 2.28 bits per heavy atom. The number of carbonyl (C=O) groups is 1. The summed E-state index contributed by atoms with van der Waals surface area (Å²) < 4.78 is 0. The van der Waals surface area contributed by atoms with E-state index < -0.39 is 6.04 Å². The lowest BCUT2D eigenvalue weighted by molar-refractivity contribution is -0.123. The molecule has 0 bridgehead atoms. The van der Waals surface area contributed by atoms with Gasteiger partial charge in [0.1, 0.15) is 0 Å². The van der Waals surface area contributed by atoms with Gasteiger partial charge in [0.2, 0.25) is 5.91 Å². The highest BCUT2D eigenvalue weighted by Gasteiger charge is 2.30. The van der Waals surface area contributed by atoms with Crippen LogP contribution in [0, 0.1) is 11.3 Å². The van der Waals surface area contributed by atoms with Crippen molar-refractivity contribution in [3.63, 3.8) is 0 Å². The molecule has 0 spiro atoms. The summed E-state index contributed by atoms with van der Waals surface area (Å²) in [5, 5.41) is 3.14. The SMILES string of the molecule is C[C@@H](N)C(=O)NC(CC1CCCCC1)C(C)(C)C. The topological polar surface area (TPSA) is 55.1 Å². The van der Waals surface area contributed by atoms with Crippen molar-refractivity contribution < 1.29 is 4.79 Å². The fourth-order valence-corrected chi connectivity index (χ4v) is 2.69. The lowest BCUT2D eigenvalue weighted by Crippen LogP contribution is -2.49. The highest BCUT2D eigenvalue weighted by atomic mass is 16.2. The fraction of sp³-hybridized carbons (Fsp3) is 0.933. The highest BCUT2D eigenvalue weighted by Crippen LogP contribution is 2.32. The Morgan fingerprint density at radius 2 is 1.83 bits per heavy atom. The quantitative estimate of drug-likeness (QED) is 0.810. The summed E-state index contributed by atoms with van der Waals surface area (Å²) in [6.07, 6.45) is 7.82. The first-order valence-electron chi connectivity index (χ1n) is 7.36. The molecular weight excluding hydrogens is 224 g/mol. The monoisotopic (exact) mass is 254 g/mol. The zero-order valence-corrected chi connectivity index (χ0v) is 12.5. The molecule has 1 aliphatic carbocycles. The molecule has 106 valence electrons. The minimum Gasteiger partial charge on any atom is -0.351 e. The Hall–Kier alpha value is -0.570. The molecule has 0 aromatic carbocycles. The molecule has 1 saturated carbocycles. The third-order valence-electron chi connectivity index (χ3n) is 4.07. The van der Waals surface area contributed by atoms with Crippen molar-refractivity contribution in [2.45, 2.75) is 78.3 Å². The largest absolute Gasteiger partial charge is 0.351 e. The predicted octanol–water partition coefficient (Wildman–Crippen LogP) is 2.83. The first-order chi connectivity index (χ1) is 8.30. The average Bonchev–Trinajstić information content (AvgIpc) is 2.28. The van der Waals surface area contributed by atoms with E-state index in [4.69, 9.17) is 5.73 Å². The first-order valence-corrected chi connectivity index (χ1v) is 7.36. The van der Waals surface area contributed by atoms with Crippen LogP contribution in [0.3, 0.4) is 0 Å². The zero-order valence-electron chi connectivity index (χ0n) is 12.5. The van der Waals surface area contributed by atoms with Gasteiger partial charge < -0.3 is 11.1 Å². The van der Waals surface area contributed by atoms with E-state index in [1.807, 2.05) is 0 Å². The lowest BCUT2D eigenvalue weighted by atomic mass is 9.77. The summed E-state index contributed by atoms with van der Waals surface area (Å²) in [6, 6.07) is -0.180. The van der Waals surface area contributed by atoms with Gasteiger partial charge in [-0.25, -0.2) is 0 Å². The Labute approximate surface area is 112 Å². The molecule has 18 heavy (non-hydrogen) atoms. The number of hydrogen-bond acceptors (Lipinski definition) is 2. The van der Waals surface area contributed by atoms with Crippen LogP contribution < -0.4 is 11.1 Å². The Kier molecular flexibility index (Phi) is 5.64. The summed E-state index contributed by atoms with van der Waals surface area (Å²) in [7, 11) is 0. The molecule has 0 radical (unpaired) electrons. The minimum atomic E-state index is -0.416. The second-order valence-corrected chi connectivity index (χ2v) is 6.96. The van der Waals surface area contributed by atoms with Crippen LogP contribution in [0.5, 0.6) is 0 Å². The summed E-state index contributed by atoms with van der Waals surface area (Å²) in [5.41, 5.74) is 5.75. The Bertz CT molecular complexity index is 262. The number of carbonyl (C=O) groups excluding carboxylic acids is 1. The Balaban J connectivity index is 2.58. The summed E-state index contributed by atoms with van der Waals surface area (Å²) in [6.45, 7) is 8.33. The van der Waals surface area contributed by atoms with Crippen LogP contribution in [0.2, 0.25) is 0 Å².